The molecule has 1 heterocycles. The minimum atomic E-state index is -0.0910. The second-order valence-corrected chi connectivity index (χ2v) is 4.93. The maximum Gasteiger partial charge on any atom is 0.223 e. The predicted octanol–water partition coefficient (Wildman–Crippen LogP) is 2.47. The number of aromatic nitrogens is 1. The average Bonchev–Trinajstić information content (AvgIpc) is 2.73. The number of carbonyl (C=O) groups is 1. The molecule has 0 unspecified atom stereocenters. The van der Waals surface area contributed by atoms with Gasteiger partial charge in [-0.15, -0.1) is 11.3 Å². The number of amides is 1. The highest BCUT2D eigenvalue weighted by Gasteiger charge is 2.03. The summed E-state index contributed by atoms with van der Waals surface area (Å²) in [7, 11) is 0. The molecule has 3 N–H and O–H groups in total. The van der Waals surface area contributed by atoms with E-state index in [9.17, 15) is 4.79 Å². The van der Waals surface area contributed by atoms with E-state index in [1.807, 2.05) is 23.6 Å². The number of benzene rings is 1. The third kappa shape index (κ3) is 3.56. The fraction of sp³-hybridized carbons (Fsp3) is 0.231. The molecule has 5 heteroatoms. The zero-order valence-electron chi connectivity index (χ0n) is 10.1. The molecule has 1 aromatic carbocycles. The lowest BCUT2D eigenvalue weighted by molar-refractivity contribution is -0.114. The topological polar surface area (TPSA) is 68.0 Å². The Morgan fingerprint density at radius 2 is 2.28 bits per heavy atom. The highest BCUT2D eigenvalue weighted by Crippen LogP contribution is 2.17. The Bertz CT molecular complexity index is 551. The SMILES string of the molecule is CC(=O)Nc1nc(CCc2cccc(N)c2)cs1. The second kappa shape index (κ2) is 5.64. The quantitative estimate of drug-likeness (QED) is 0.831. The van der Waals surface area contributed by atoms with Crippen LogP contribution in [0, 0.1) is 0 Å². The summed E-state index contributed by atoms with van der Waals surface area (Å²) in [6.07, 6.45) is 1.74. The number of hydrogen-bond donors (Lipinski definition) is 2. The van der Waals surface area contributed by atoms with Crippen molar-refractivity contribution in [2.45, 2.75) is 19.8 Å². The molecule has 1 amide bonds. The van der Waals surface area contributed by atoms with E-state index >= 15 is 0 Å². The zero-order valence-corrected chi connectivity index (χ0v) is 11.0. The van der Waals surface area contributed by atoms with Crippen LogP contribution in [0.15, 0.2) is 29.6 Å². The van der Waals surface area contributed by atoms with Crippen LogP contribution < -0.4 is 11.1 Å². The van der Waals surface area contributed by atoms with E-state index in [-0.39, 0.29) is 5.91 Å². The molecule has 94 valence electrons. The van der Waals surface area contributed by atoms with Gasteiger partial charge < -0.3 is 11.1 Å². The molecule has 0 fully saturated rings. The summed E-state index contributed by atoms with van der Waals surface area (Å²) in [5, 5.41) is 5.31. The molecular weight excluding hydrogens is 246 g/mol. The summed E-state index contributed by atoms with van der Waals surface area (Å²) in [5.41, 5.74) is 8.70. The molecule has 1 aromatic heterocycles. The number of thiazole rings is 1. The molecule has 2 aromatic rings. The van der Waals surface area contributed by atoms with E-state index in [2.05, 4.69) is 16.4 Å². The first-order valence-corrected chi connectivity index (χ1v) is 6.58. The van der Waals surface area contributed by atoms with Crippen molar-refractivity contribution in [1.29, 1.82) is 0 Å². The van der Waals surface area contributed by atoms with Crippen molar-refractivity contribution in [1.82, 2.24) is 4.98 Å². The standard InChI is InChI=1S/C13H15N3OS/c1-9(17)15-13-16-12(8-18-13)6-5-10-3-2-4-11(14)7-10/h2-4,7-8H,5-6,14H2,1H3,(H,15,16,17). The first kappa shape index (κ1) is 12.6. The number of hydrogen-bond acceptors (Lipinski definition) is 4. The second-order valence-electron chi connectivity index (χ2n) is 4.07. The van der Waals surface area contributed by atoms with Gasteiger partial charge in [0.25, 0.3) is 0 Å². The van der Waals surface area contributed by atoms with Crippen molar-refractivity contribution < 1.29 is 4.79 Å². The van der Waals surface area contributed by atoms with Crippen LogP contribution in [0.25, 0.3) is 0 Å². The van der Waals surface area contributed by atoms with Gasteiger partial charge in [-0.2, -0.15) is 0 Å². The van der Waals surface area contributed by atoms with Gasteiger partial charge in [0.15, 0.2) is 5.13 Å². The lowest BCUT2D eigenvalue weighted by atomic mass is 10.1. The minimum Gasteiger partial charge on any atom is -0.399 e. The maximum atomic E-state index is 10.9. The Kier molecular flexibility index (Phi) is 3.94. The molecular formula is C13H15N3OS. The highest BCUT2D eigenvalue weighted by molar-refractivity contribution is 7.13. The van der Waals surface area contributed by atoms with Crippen LogP contribution in [0.4, 0.5) is 10.8 Å². The molecule has 0 aliphatic rings. The lowest BCUT2D eigenvalue weighted by Gasteiger charge is -2.00. The van der Waals surface area contributed by atoms with Crippen molar-refractivity contribution in [2.24, 2.45) is 0 Å². The molecule has 0 aliphatic carbocycles. The highest BCUT2D eigenvalue weighted by atomic mass is 32.1. The van der Waals surface area contributed by atoms with Gasteiger partial charge in [-0.3, -0.25) is 4.79 Å². The number of nitrogens with zero attached hydrogens (tertiary/aromatic N) is 1. The molecule has 0 radical (unpaired) electrons. The molecule has 2 rings (SSSR count). The van der Waals surface area contributed by atoms with Gasteiger partial charge in [-0.05, 0) is 30.5 Å². The average molecular weight is 261 g/mol. The van der Waals surface area contributed by atoms with E-state index in [0.717, 1.165) is 24.2 Å². The molecule has 18 heavy (non-hydrogen) atoms. The number of rotatable bonds is 4. The Morgan fingerprint density at radius 1 is 1.44 bits per heavy atom. The summed E-state index contributed by atoms with van der Waals surface area (Å²) >= 11 is 1.45. The number of aryl methyl sites for hydroxylation is 2. The van der Waals surface area contributed by atoms with Gasteiger partial charge in [0, 0.05) is 18.0 Å². The Balaban J connectivity index is 1.94. The predicted molar refractivity (Wildman–Crippen MR) is 74.7 cm³/mol. The summed E-state index contributed by atoms with van der Waals surface area (Å²) < 4.78 is 0. The van der Waals surface area contributed by atoms with Gasteiger partial charge in [-0.1, -0.05) is 12.1 Å². The third-order valence-electron chi connectivity index (χ3n) is 2.46. The summed E-state index contributed by atoms with van der Waals surface area (Å²) in [6, 6.07) is 7.86. The van der Waals surface area contributed by atoms with E-state index in [0.29, 0.717) is 5.13 Å². The molecule has 0 bridgehead atoms. The maximum absolute atomic E-state index is 10.9. The van der Waals surface area contributed by atoms with E-state index in [1.54, 1.807) is 0 Å². The Hall–Kier alpha value is -1.88. The monoisotopic (exact) mass is 261 g/mol. The number of nitrogens with one attached hydrogen (secondary N) is 1. The first-order valence-electron chi connectivity index (χ1n) is 5.70. The first-order chi connectivity index (χ1) is 8.63. The van der Waals surface area contributed by atoms with Gasteiger partial charge in [-0.25, -0.2) is 4.98 Å². The number of carbonyl (C=O) groups excluding carboxylic acids is 1. The van der Waals surface area contributed by atoms with Gasteiger partial charge in [0.1, 0.15) is 0 Å². The van der Waals surface area contributed by atoms with Crippen LogP contribution in [-0.2, 0) is 17.6 Å². The molecule has 0 spiro atoms. The van der Waals surface area contributed by atoms with Crippen molar-refractivity contribution in [3.63, 3.8) is 0 Å². The number of anilines is 2. The summed E-state index contributed by atoms with van der Waals surface area (Å²) in [5.74, 6) is -0.0910. The number of nitrogen functional groups attached to an aromatic ring is 1. The van der Waals surface area contributed by atoms with E-state index in [4.69, 9.17) is 5.73 Å². The van der Waals surface area contributed by atoms with E-state index in [1.165, 1.54) is 23.8 Å². The third-order valence-corrected chi connectivity index (χ3v) is 3.26. The normalized spacial score (nSPS) is 10.3. The molecule has 0 saturated carbocycles. The van der Waals surface area contributed by atoms with Crippen molar-refractivity contribution in [3.8, 4) is 0 Å². The van der Waals surface area contributed by atoms with Crippen LogP contribution in [-0.4, -0.2) is 10.9 Å². The molecule has 0 aliphatic heterocycles. The molecule has 4 nitrogen and oxygen atoms in total. The van der Waals surface area contributed by atoms with Crippen molar-refractivity contribution in [2.75, 3.05) is 11.1 Å². The van der Waals surface area contributed by atoms with Crippen molar-refractivity contribution in [3.05, 3.63) is 40.9 Å². The fourth-order valence-electron chi connectivity index (χ4n) is 1.65. The van der Waals surface area contributed by atoms with Crippen LogP contribution in [0.3, 0.4) is 0 Å². The molecule has 0 saturated heterocycles. The van der Waals surface area contributed by atoms with Gasteiger partial charge >= 0.3 is 0 Å². The summed E-state index contributed by atoms with van der Waals surface area (Å²) in [4.78, 5) is 15.2. The number of nitrogens with two attached hydrogens (primary N) is 1. The fourth-order valence-corrected chi connectivity index (χ4v) is 2.44. The van der Waals surface area contributed by atoms with Gasteiger partial charge in [0.05, 0.1) is 5.69 Å². The summed E-state index contributed by atoms with van der Waals surface area (Å²) in [6.45, 7) is 1.48. The van der Waals surface area contributed by atoms with Crippen LogP contribution in [0.5, 0.6) is 0 Å². The van der Waals surface area contributed by atoms with E-state index < -0.39 is 0 Å². The Morgan fingerprint density at radius 3 is 3.00 bits per heavy atom. The van der Waals surface area contributed by atoms with Crippen LogP contribution >= 0.6 is 11.3 Å². The lowest BCUT2D eigenvalue weighted by Crippen LogP contribution is -2.05. The van der Waals surface area contributed by atoms with Gasteiger partial charge in [0.2, 0.25) is 5.91 Å². The van der Waals surface area contributed by atoms with Crippen molar-refractivity contribution >= 4 is 28.1 Å². The zero-order chi connectivity index (χ0) is 13.0. The minimum absolute atomic E-state index is 0.0910. The molecule has 0 atom stereocenters. The largest absolute Gasteiger partial charge is 0.399 e. The van der Waals surface area contributed by atoms with Crippen LogP contribution in [0.2, 0.25) is 0 Å². The van der Waals surface area contributed by atoms with Crippen LogP contribution in [0.1, 0.15) is 18.2 Å². The smallest absolute Gasteiger partial charge is 0.223 e. The Labute approximate surface area is 110 Å².